The lowest BCUT2D eigenvalue weighted by Crippen LogP contribution is -2.52. The van der Waals surface area contributed by atoms with E-state index < -0.39 is 0 Å². The Morgan fingerprint density at radius 3 is 2.50 bits per heavy atom. The lowest BCUT2D eigenvalue weighted by Gasteiger charge is -2.34. The van der Waals surface area contributed by atoms with Crippen LogP contribution in [0.3, 0.4) is 0 Å². The third-order valence-corrected chi connectivity index (χ3v) is 7.30. The summed E-state index contributed by atoms with van der Waals surface area (Å²) in [5.41, 5.74) is 1.88. The third-order valence-electron chi connectivity index (χ3n) is 6.06. The van der Waals surface area contributed by atoms with E-state index in [9.17, 15) is 9.90 Å². The van der Waals surface area contributed by atoms with Crippen LogP contribution in [-0.4, -0.2) is 0 Å². The van der Waals surface area contributed by atoms with Crippen LogP contribution in [0.1, 0.15) is 49.6 Å². The summed E-state index contributed by atoms with van der Waals surface area (Å²) in [6.07, 6.45) is 4.46. The van der Waals surface area contributed by atoms with Crippen molar-refractivity contribution < 1.29 is 9.67 Å². The maximum absolute atomic E-state index is 13.3. The molecule has 3 aromatic rings. The van der Waals surface area contributed by atoms with E-state index in [1.165, 1.54) is 11.3 Å². The minimum atomic E-state index is -0.151. The van der Waals surface area contributed by atoms with Crippen molar-refractivity contribution in [1.82, 2.24) is 0 Å². The molecule has 4 heteroatoms. The first-order chi connectivity index (χ1) is 14.6. The van der Waals surface area contributed by atoms with Crippen LogP contribution in [0.5, 0.6) is 5.88 Å². The molecule has 1 aliphatic heterocycles. The molecule has 2 aromatic carbocycles. The summed E-state index contributed by atoms with van der Waals surface area (Å²) in [6.45, 7) is 2.84. The molecule has 1 aliphatic rings. The zero-order valence-corrected chi connectivity index (χ0v) is 18.0. The van der Waals surface area contributed by atoms with Crippen LogP contribution < -0.4 is 14.4 Å². The summed E-state index contributed by atoms with van der Waals surface area (Å²) >= 11 is 1.26. The largest absolute Gasteiger partial charge is 0.823 e. The molecule has 0 N–H and O–H groups in total. The molecule has 4 rings (SSSR count). The first kappa shape index (κ1) is 20.4. The van der Waals surface area contributed by atoms with Gasteiger partial charge in [-0.3, -0.25) is 4.79 Å². The molecule has 0 spiro atoms. The van der Waals surface area contributed by atoms with Crippen molar-refractivity contribution >= 4 is 11.3 Å². The molecule has 152 valence electrons. The molecule has 0 saturated heterocycles. The minimum absolute atomic E-state index is 0.132. The molecule has 0 saturated carbocycles. The van der Waals surface area contributed by atoms with Gasteiger partial charge in [-0.2, -0.15) is 4.57 Å². The summed E-state index contributed by atoms with van der Waals surface area (Å²) in [4.78, 5) is 13.0. The highest BCUT2D eigenvalue weighted by molar-refractivity contribution is 7.09. The Morgan fingerprint density at radius 1 is 1.10 bits per heavy atom. The molecule has 30 heavy (non-hydrogen) atoms. The van der Waals surface area contributed by atoms with Crippen LogP contribution in [-0.2, 0) is 12.0 Å². The number of aromatic nitrogens is 1. The molecule has 1 unspecified atom stereocenters. The van der Waals surface area contributed by atoms with Crippen molar-refractivity contribution in [2.75, 3.05) is 0 Å². The molecule has 0 bridgehead atoms. The average molecular weight is 416 g/mol. The quantitative estimate of drug-likeness (QED) is 0.468. The van der Waals surface area contributed by atoms with Gasteiger partial charge in [-0.1, -0.05) is 67.3 Å². The van der Waals surface area contributed by atoms with E-state index in [1.54, 1.807) is 0 Å². The van der Waals surface area contributed by atoms with Gasteiger partial charge >= 0.3 is 0 Å². The number of rotatable bonds is 4. The third kappa shape index (κ3) is 3.91. The predicted octanol–water partition coefficient (Wildman–Crippen LogP) is 4.41. The topological polar surface area (TPSA) is 44.0 Å². The molecular weight excluding hydrogens is 390 g/mol. The van der Waals surface area contributed by atoms with Gasteiger partial charge in [0.2, 0.25) is 5.01 Å². The van der Waals surface area contributed by atoms with Gasteiger partial charge < -0.3 is 5.11 Å². The lowest BCUT2D eigenvalue weighted by molar-refractivity contribution is -0.746. The number of nitrogens with zero attached hydrogens (tertiary/aromatic N) is 1. The van der Waals surface area contributed by atoms with Crippen LogP contribution in [0.25, 0.3) is 11.1 Å². The Hall–Kier alpha value is -2.90. The highest BCUT2D eigenvalue weighted by Gasteiger charge is 2.43. The molecule has 2 heterocycles. The van der Waals surface area contributed by atoms with Crippen molar-refractivity contribution in [2.45, 2.75) is 51.0 Å². The van der Waals surface area contributed by atoms with Gasteiger partial charge in [0.1, 0.15) is 6.54 Å². The zero-order chi connectivity index (χ0) is 21.0. The number of hydrogen-bond donors (Lipinski definition) is 0. The maximum atomic E-state index is 13.3. The summed E-state index contributed by atoms with van der Waals surface area (Å²) in [5, 5.41) is 14.2. The molecule has 1 aromatic heterocycles. The Kier molecular flexibility index (Phi) is 6.01. The van der Waals surface area contributed by atoms with Crippen molar-refractivity contribution in [1.29, 1.82) is 0 Å². The lowest BCUT2D eigenvalue weighted by atomic mass is 9.75. The smallest absolute Gasteiger partial charge is 0.251 e. The number of fused-ring (bicyclic) bond motifs is 1. The van der Waals surface area contributed by atoms with Gasteiger partial charge in [0.15, 0.2) is 5.88 Å². The van der Waals surface area contributed by atoms with Gasteiger partial charge in [0.25, 0.3) is 4.74 Å². The minimum Gasteiger partial charge on any atom is -0.823 e. The van der Waals surface area contributed by atoms with Crippen LogP contribution in [0.4, 0.5) is 0 Å². The van der Waals surface area contributed by atoms with E-state index in [2.05, 4.69) is 18.8 Å². The fraction of sp³-hybridized carbons (Fsp3) is 0.308. The highest BCUT2D eigenvalue weighted by atomic mass is 32.1. The van der Waals surface area contributed by atoms with Crippen molar-refractivity contribution in [3.63, 3.8) is 0 Å². The van der Waals surface area contributed by atoms with E-state index >= 15 is 0 Å². The second-order valence-corrected chi connectivity index (χ2v) is 8.76. The Bertz CT molecular complexity index is 1140. The second-order valence-electron chi connectivity index (χ2n) is 7.80. The number of hydrogen-bond acceptors (Lipinski definition) is 3. The second kappa shape index (κ2) is 8.85. The first-order valence-electron chi connectivity index (χ1n) is 10.5. The molecule has 0 radical (unpaired) electrons. The maximum Gasteiger partial charge on any atom is 0.251 e. The van der Waals surface area contributed by atoms with Crippen molar-refractivity contribution in [3.8, 4) is 28.8 Å². The summed E-state index contributed by atoms with van der Waals surface area (Å²) < 4.78 is 1.74. The van der Waals surface area contributed by atoms with Crippen molar-refractivity contribution in [3.05, 3.63) is 80.8 Å². The summed E-state index contributed by atoms with van der Waals surface area (Å²) in [7, 11) is 0. The Balaban J connectivity index is 1.68. The van der Waals surface area contributed by atoms with Crippen molar-refractivity contribution in [2.24, 2.45) is 0 Å². The zero-order valence-electron chi connectivity index (χ0n) is 17.2. The molecule has 1 atom stereocenters. The van der Waals surface area contributed by atoms with Crippen LogP contribution >= 0.6 is 11.3 Å². The number of benzene rings is 2. The van der Waals surface area contributed by atoms with Crippen LogP contribution in [0, 0.1) is 11.8 Å². The van der Waals surface area contributed by atoms with Gasteiger partial charge in [-0.25, -0.2) is 0 Å². The van der Waals surface area contributed by atoms with E-state index in [4.69, 9.17) is 0 Å². The Morgan fingerprint density at radius 2 is 1.80 bits per heavy atom. The summed E-state index contributed by atoms with van der Waals surface area (Å²) in [5.74, 6) is 6.37. The van der Waals surface area contributed by atoms with E-state index in [-0.39, 0.29) is 16.0 Å². The average Bonchev–Trinajstić information content (AvgIpc) is 2.78. The molecule has 3 nitrogen and oxygen atoms in total. The molecular formula is C26H25NO2S. The summed E-state index contributed by atoms with van der Waals surface area (Å²) in [6, 6.07) is 19.3. The van der Waals surface area contributed by atoms with Crippen LogP contribution in [0.2, 0.25) is 0 Å². The Labute approximate surface area is 181 Å². The molecule has 0 fully saturated rings. The fourth-order valence-electron chi connectivity index (χ4n) is 4.36. The standard InChI is InChI=1S/C26H25NO2S/c1-2-26(17-10-9-14-20-12-5-3-6-13-20)18-11-19-27-23(28)22(24(29)30-25(26)27)21-15-7-4-8-16-21/h3-8,12-13,15-16H,2,10-11,17-19H2,1H3. The first-order valence-corrected chi connectivity index (χ1v) is 11.3. The normalized spacial score (nSPS) is 17.6. The van der Waals surface area contributed by atoms with Gasteiger partial charge in [-0.15, -0.1) is 0 Å². The monoisotopic (exact) mass is 415 g/mol. The van der Waals surface area contributed by atoms with Crippen LogP contribution in [0.15, 0.2) is 65.5 Å². The SMILES string of the molecule is CCC1(CCC#Cc2ccccc2)CCC[n+]2c1sc(=O)c(-c1ccccc1)c2[O-]. The van der Waals surface area contributed by atoms with Gasteiger partial charge in [0, 0.05) is 18.4 Å². The van der Waals surface area contributed by atoms with Gasteiger partial charge in [0.05, 0.1) is 11.0 Å². The van der Waals surface area contributed by atoms with E-state index in [1.807, 2.05) is 65.2 Å². The van der Waals surface area contributed by atoms with E-state index in [0.717, 1.165) is 42.7 Å². The molecule has 0 aliphatic carbocycles. The fourth-order valence-corrected chi connectivity index (χ4v) is 5.69. The van der Waals surface area contributed by atoms with E-state index in [0.29, 0.717) is 17.7 Å². The predicted molar refractivity (Wildman–Crippen MR) is 119 cm³/mol. The molecule has 0 amide bonds. The van der Waals surface area contributed by atoms with Gasteiger partial charge in [-0.05, 0) is 48.3 Å². The highest BCUT2D eigenvalue weighted by Crippen LogP contribution is 2.41.